The molecule has 2 rings (SSSR count). The molecule has 1 heterocycles. The molecule has 0 aliphatic heterocycles. The number of guanidine groups is 1. The summed E-state index contributed by atoms with van der Waals surface area (Å²) in [5, 5.41) is 12.6. The van der Waals surface area contributed by atoms with Gasteiger partial charge in [0.15, 0.2) is 5.96 Å². The van der Waals surface area contributed by atoms with Crippen LogP contribution < -0.4 is 16.0 Å². The van der Waals surface area contributed by atoms with Gasteiger partial charge < -0.3 is 20.7 Å². The van der Waals surface area contributed by atoms with Crippen molar-refractivity contribution in [3.63, 3.8) is 0 Å². The van der Waals surface area contributed by atoms with Crippen molar-refractivity contribution in [3.8, 4) is 0 Å². The predicted octanol–water partition coefficient (Wildman–Crippen LogP) is 2.85. The third-order valence-corrected chi connectivity index (χ3v) is 4.99. The molecule has 0 radical (unpaired) electrons. The van der Waals surface area contributed by atoms with Crippen LogP contribution in [0.2, 0.25) is 0 Å². The average Bonchev–Trinajstić information content (AvgIpc) is 3.33. The number of hydrogen-bond acceptors (Lipinski definition) is 5. The number of carbonyl (C=O) groups excluding carboxylic acids is 1. The Bertz CT molecular complexity index is 598. The number of amides is 1. The smallest absolute Gasteiger partial charge is 0.407 e. The fraction of sp³-hybridized carbons (Fsp3) is 0.722. The van der Waals surface area contributed by atoms with Gasteiger partial charge >= 0.3 is 6.09 Å². The van der Waals surface area contributed by atoms with E-state index in [9.17, 15) is 4.79 Å². The Kier molecular flexibility index (Phi) is 8.15. The van der Waals surface area contributed by atoms with E-state index in [0.717, 1.165) is 36.0 Å². The van der Waals surface area contributed by atoms with E-state index in [-0.39, 0.29) is 12.1 Å². The first-order valence-corrected chi connectivity index (χ1v) is 10.3. The first kappa shape index (κ1) is 20.5. The summed E-state index contributed by atoms with van der Waals surface area (Å²) in [4.78, 5) is 20.9. The monoisotopic (exact) mass is 381 g/mol. The van der Waals surface area contributed by atoms with Crippen molar-refractivity contribution < 1.29 is 9.53 Å². The second-order valence-electron chi connectivity index (χ2n) is 6.71. The lowest BCUT2D eigenvalue weighted by Crippen LogP contribution is -2.48. The molecule has 1 saturated carbocycles. The molecule has 1 aliphatic rings. The second kappa shape index (κ2) is 10.4. The van der Waals surface area contributed by atoms with Crippen LogP contribution in [0, 0.1) is 5.92 Å². The lowest BCUT2D eigenvalue weighted by Gasteiger charge is -2.20. The number of rotatable bonds is 9. The highest BCUT2D eigenvalue weighted by molar-refractivity contribution is 7.09. The van der Waals surface area contributed by atoms with Gasteiger partial charge in [-0.2, -0.15) is 0 Å². The zero-order valence-corrected chi connectivity index (χ0v) is 17.0. The van der Waals surface area contributed by atoms with Gasteiger partial charge in [0, 0.05) is 18.5 Å². The minimum atomic E-state index is -0.350. The maximum atomic E-state index is 11.7. The van der Waals surface area contributed by atoms with Gasteiger partial charge in [0.25, 0.3) is 0 Å². The maximum Gasteiger partial charge on any atom is 0.407 e. The van der Waals surface area contributed by atoms with Gasteiger partial charge in [-0.3, -0.25) is 0 Å². The number of nitrogens with zero attached hydrogens (tertiary/aromatic N) is 2. The largest absolute Gasteiger partial charge is 0.450 e. The van der Waals surface area contributed by atoms with Crippen LogP contribution in [0.15, 0.2) is 10.4 Å². The van der Waals surface area contributed by atoms with E-state index in [1.807, 2.05) is 13.8 Å². The van der Waals surface area contributed by atoms with Gasteiger partial charge in [-0.1, -0.05) is 13.8 Å². The van der Waals surface area contributed by atoms with Crippen LogP contribution in [0.25, 0.3) is 0 Å². The standard InChI is InChI=1S/C18H31N5O2S/c1-5-19-17(21-10-16-22-15(11-26-16)12(3)4)20-9-14(13-7-8-13)23-18(24)25-6-2/h11-14H,5-10H2,1-4H3,(H,23,24)(H2,19,20,21). The summed E-state index contributed by atoms with van der Waals surface area (Å²) in [5.41, 5.74) is 1.12. The molecule has 3 N–H and O–H groups in total. The van der Waals surface area contributed by atoms with E-state index >= 15 is 0 Å². The number of ether oxygens (including phenoxy) is 1. The van der Waals surface area contributed by atoms with Gasteiger partial charge in [0.2, 0.25) is 0 Å². The van der Waals surface area contributed by atoms with Crippen LogP contribution in [-0.2, 0) is 11.3 Å². The number of alkyl carbamates (subject to hydrolysis) is 1. The van der Waals surface area contributed by atoms with Crippen molar-refractivity contribution in [2.24, 2.45) is 10.9 Å². The van der Waals surface area contributed by atoms with Crippen LogP contribution in [-0.4, -0.2) is 42.8 Å². The molecule has 1 fully saturated rings. The van der Waals surface area contributed by atoms with Crippen molar-refractivity contribution in [1.82, 2.24) is 20.9 Å². The van der Waals surface area contributed by atoms with Crippen molar-refractivity contribution in [2.75, 3.05) is 19.7 Å². The molecule has 1 amide bonds. The highest BCUT2D eigenvalue weighted by Crippen LogP contribution is 2.32. The zero-order chi connectivity index (χ0) is 18.9. The van der Waals surface area contributed by atoms with E-state index < -0.39 is 0 Å². The molecular formula is C18H31N5O2S. The molecule has 0 saturated heterocycles. The normalized spacial score (nSPS) is 15.7. The third-order valence-electron chi connectivity index (χ3n) is 4.14. The fourth-order valence-corrected chi connectivity index (χ4v) is 3.40. The maximum absolute atomic E-state index is 11.7. The van der Waals surface area contributed by atoms with Gasteiger partial charge in [0.1, 0.15) is 5.01 Å². The number of hydrogen-bond donors (Lipinski definition) is 3. The van der Waals surface area contributed by atoms with Crippen LogP contribution >= 0.6 is 11.3 Å². The van der Waals surface area contributed by atoms with Crippen molar-refractivity contribution >= 4 is 23.4 Å². The fourth-order valence-electron chi connectivity index (χ4n) is 2.52. The number of nitrogens with one attached hydrogen (secondary N) is 3. The SMILES string of the molecule is CCNC(=NCc1nc(C(C)C)cs1)NCC(NC(=O)OCC)C1CC1. The molecule has 0 aromatic carbocycles. The van der Waals surface area contributed by atoms with Crippen molar-refractivity contribution in [3.05, 3.63) is 16.1 Å². The lowest BCUT2D eigenvalue weighted by atomic mass is 10.2. The molecule has 8 heteroatoms. The highest BCUT2D eigenvalue weighted by atomic mass is 32.1. The van der Waals surface area contributed by atoms with Crippen LogP contribution in [0.4, 0.5) is 4.79 Å². The zero-order valence-electron chi connectivity index (χ0n) is 16.2. The summed E-state index contributed by atoms with van der Waals surface area (Å²) in [6.45, 7) is 10.5. The minimum absolute atomic E-state index is 0.0605. The third kappa shape index (κ3) is 6.82. The molecule has 1 aromatic rings. The Balaban J connectivity index is 1.89. The molecular weight excluding hydrogens is 350 g/mol. The topological polar surface area (TPSA) is 87.6 Å². The Hall–Kier alpha value is -1.83. The van der Waals surface area contributed by atoms with Crippen LogP contribution in [0.5, 0.6) is 0 Å². The van der Waals surface area contributed by atoms with Gasteiger partial charge in [-0.05, 0) is 38.5 Å². The Labute approximate surface area is 160 Å². The van der Waals surface area contributed by atoms with Gasteiger partial charge in [-0.25, -0.2) is 14.8 Å². The summed E-state index contributed by atoms with van der Waals surface area (Å²) < 4.78 is 5.00. The number of carbonyl (C=O) groups is 1. The molecule has 1 aromatic heterocycles. The summed E-state index contributed by atoms with van der Waals surface area (Å²) in [6, 6.07) is 0.0605. The lowest BCUT2D eigenvalue weighted by molar-refractivity contribution is 0.146. The van der Waals surface area contributed by atoms with E-state index in [1.54, 1.807) is 11.3 Å². The van der Waals surface area contributed by atoms with E-state index in [4.69, 9.17) is 4.74 Å². The highest BCUT2D eigenvalue weighted by Gasteiger charge is 2.32. The van der Waals surface area contributed by atoms with Crippen LogP contribution in [0.1, 0.15) is 57.2 Å². The molecule has 0 spiro atoms. The summed E-state index contributed by atoms with van der Waals surface area (Å²) >= 11 is 1.64. The van der Waals surface area contributed by atoms with Gasteiger partial charge in [-0.15, -0.1) is 11.3 Å². The minimum Gasteiger partial charge on any atom is -0.450 e. The Morgan fingerprint density at radius 1 is 1.38 bits per heavy atom. The molecule has 1 unspecified atom stereocenters. The average molecular weight is 382 g/mol. The Morgan fingerprint density at radius 3 is 2.73 bits per heavy atom. The number of aromatic nitrogens is 1. The molecule has 1 aliphatic carbocycles. The molecule has 146 valence electrons. The summed E-state index contributed by atoms with van der Waals surface area (Å²) in [6.07, 6.45) is 1.93. The number of thiazole rings is 1. The molecule has 26 heavy (non-hydrogen) atoms. The van der Waals surface area contributed by atoms with Crippen LogP contribution in [0.3, 0.4) is 0 Å². The predicted molar refractivity (Wildman–Crippen MR) is 106 cm³/mol. The molecule has 7 nitrogen and oxygen atoms in total. The van der Waals surface area contributed by atoms with E-state index in [1.165, 1.54) is 0 Å². The molecule has 0 bridgehead atoms. The summed E-state index contributed by atoms with van der Waals surface area (Å²) in [7, 11) is 0. The number of aliphatic imine (C=N–C) groups is 1. The van der Waals surface area contributed by atoms with E-state index in [0.29, 0.717) is 31.5 Å². The summed E-state index contributed by atoms with van der Waals surface area (Å²) in [5.74, 6) is 1.69. The second-order valence-corrected chi connectivity index (χ2v) is 7.65. The molecule has 1 atom stereocenters. The first-order chi connectivity index (χ1) is 12.5. The van der Waals surface area contributed by atoms with Gasteiger partial charge in [0.05, 0.1) is 24.9 Å². The van der Waals surface area contributed by atoms with E-state index in [2.05, 4.69) is 45.2 Å². The first-order valence-electron chi connectivity index (χ1n) is 9.43. The van der Waals surface area contributed by atoms with Crippen molar-refractivity contribution in [2.45, 2.75) is 59.0 Å². The van der Waals surface area contributed by atoms with Crippen molar-refractivity contribution in [1.29, 1.82) is 0 Å². The quantitative estimate of drug-likeness (QED) is 0.452. The Morgan fingerprint density at radius 2 is 2.15 bits per heavy atom.